The van der Waals surface area contributed by atoms with Crippen LogP contribution >= 0.6 is 0 Å². The van der Waals surface area contributed by atoms with E-state index in [9.17, 15) is 10.1 Å². The smallest absolute Gasteiger partial charge is 0.187 e. The summed E-state index contributed by atoms with van der Waals surface area (Å²) in [5.41, 5.74) is 2.29. The third-order valence-electron chi connectivity index (χ3n) is 2.93. The SMILES string of the molecule is Cc1ccc(C(C#N)C(=O)c2ccoc2C)cc1. The van der Waals surface area contributed by atoms with Crippen LogP contribution in [0.15, 0.2) is 41.0 Å². The van der Waals surface area contributed by atoms with Crippen LogP contribution in [-0.4, -0.2) is 5.78 Å². The summed E-state index contributed by atoms with van der Waals surface area (Å²) >= 11 is 0. The van der Waals surface area contributed by atoms with Crippen LogP contribution in [0.5, 0.6) is 0 Å². The number of furan rings is 1. The van der Waals surface area contributed by atoms with Gasteiger partial charge in [0.25, 0.3) is 0 Å². The summed E-state index contributed by atoms with van der Waals surface area (Å²) < 4.78 is 5.11. The standard InChI is InChI=1S/C15H13NO2/c1-10-3-5-12(6-4-10)14(9-16)15(17)13-7-8-18-11(13)2/h3-8,14H,1-2H3. The number of benzene rings is 1. The second-order valence-electron chi connectivity index (χ2n) is 4.23. The maximum absolute atomic E-state index is 12.3. The van der Waals surface area contributed by atoms with E-state index in [2.05, 4.69) is 6.07 Å². The predicted molar refractivity (Wildman–Crippen MR) is 67.3 cm³/mol. The molecule has 0 bridgehead atoms. The highest BCUT2D eigenvalue weighted by molar-refractivity contribution is 6.03. The maximum atomic E-state index is 12.3. The summed E-state index contributed by atoms with van der Waals surface area (Å²) in [5.74, 6) is -0.443. The van der Waals surface area contributed by atoms with Gasteiger partial charge in [-0.05, 0) is 25.5 Å². The van der Waals surface area contributed by atoms with Crippen LogP contribution in [0.4, 0.5) is 0 Å². The Bertz CT molecular complexity index is 602. The fourth-order valence-corrected chi connectivity index (χ4v) is 1.84. The molecule has 0 N–H and O–H groups in total. The molecule has 0 saturated heterocycles. The van der Waals surface area contributed by atoms with Gasteiger partial charge in [0.2, 0.25) is 0 Å². The van der Waals surface area contributed by atoms with Gasteiger partial charge in [-0.15, -0.1) is 0 Å². The molecule has 3 heteroatoms. The van der Waals surface area contributed by atoms with Gasteiger partial charge in [-0.2, -0.15) is 5.26 Å². The summed E-state index contributed by atoms with van der Waals surface area (Å²) in [7, 11) is 0. The lowest BCUT2D eigenvalue weighted by atomic mass is 9.91. The molecule has 1 atom stereocenters. The molecule has 2 aromatic rings. The van der Waals surface area contributed by atoms with Crippen LogP contribution in [0.3, 0.4) is 0 Å². The number of hydrogen-bond donors (Lipinski definition) is 0. The van der Waals surface area contributed by atoms with Crippen molar-refractivity contribution in [2.75, 3.05) is 0 Å². The van der Waals surface area contributed by atoms with E-state index in [1.165, 1.54) is 6.26 Å². The number of aryl methyl sites for hydroxylation is 2. The van der Waals surface area contributed by atoms with E-state index in [0.29, 0.717) is 16.9 Å². The Labute approximate surface area is 106 Å². The first-order chi connectivity index (χ1) is 8.63. The Hall–Kier alpha value is -2.34. The summed E-state index contributed by atoms with van der Waals surface area (Å²) in [6.45, 7) is 3.68. The first kappa shape index (κ1) is 12.1. The number of carbonyl (C=O) groups is 1. The number of ketones is 1. The fourth-order valence-electron chi connectivity index (χ4n) is 1.84. The Morgan fingerprint density at radius 3 is 2.39 bits per heavy atom. The molecule has 18 heavy (non-hydrogen) atoms. The van der Waals surface area contributed by atoms with Crippen LogP contribution in [-0.2, 0) is 0 Å². The molecule has 0 amide bonds. The van der Waals surface area contributed by atoms with Gasteiger partial charge < -0.3 is 4.42 Å². The minimum Gasteiger partial charge on any atom is -0.469 e. The predicted octanol–water partition coefficient (Wildman–Crippen LogP) is 3.39. The van der Waals surface area contributed by atoms with Crippen LogP contribution in [0.1, 0.15) is 33.2 Å². The summed E-state index contributed by atoms with van der Waals surface area (Å²) in [4.78, 5) is 12.3. The van der Waals surface area contributed by atoms with Crippen LogP contribution in [0, 0.1) is 25.2 Å². The monoisotopic (exact) mass is 239 g/mol. The zero-order valence-electron chi connectivity index (χ0n) is 10.3. The Morgan fingerprint density at radius 2 is 1.89 bits per heavy atom. The van der Waals surface area contributed by atoms with E-state index in [0.717, 1.165) is 5.56 Å². The molecule has 1 aromatic carbocycles. The molecule has 0 aliphatic rings. The molecule has 2 rings (SSSR count). The van der Waals surface area contributed by atoms with Gasteiger partial charge in [0, 0.05) is 0 Å². The minimum absolute atomic E-state index is 0.215. The van der Waals surface area contributed by atoms with Gasteiger partial charge in [-0.3, -0.25) is 4.79 Å². The number of nitrogens with zero attached hydrogens (tertiary/aromatic N) is 1. The van der Waals surface area contributed by atoms with Crippen molar-refractivity contribution in [2.45, 2.75) is 19.8 Å². The Morgan fingerprint density at radius 1 is 1.22 bits per heavy atom. The zero-order valence-corrected chi connectivity index (χ0v) is 10.3. The second-order valence-corrected chi connectivity index (χ2v) is 4.23. The number of hydrogen-bond acceptors (Lipinski definition) is 3. The van der Waals surface area contributed by atoms with E-state index in [1.54, 1.807) is 13.0 Å². The number of rotatable bonds is 3. The van der Waals surface area contributed by atoms with Gasteiger partial charge in [0.15, 0.2) is 5.78 Å². The Balaban J connectivity index is 2.36. The van der Waals surface area contributed by atoms with Crippen molar-refractivity contribution in [1.29, 1.82) is 5.26 Å². The minimum atomic E-state index is -0.776. The van der Waals surface area contributed by atoms with E-state index >= 15 is 0 Å². The highest BCUT2D eigenvalue weighted by Crippen LogP contribution is 2.23. The number of Topliss-reactive ketones (excluding diaryl/α,β-unsaturated/α-hetero) is 1. The third-order valence-corrected chi connectivity index (χ3v) is 2.93. The zero-order chi connectivity index (χ0) is 13.1. The topological polar surface area (TPSA) is 54.0 Å². The van der Waals surface area contributed by atoms with E-state index in [4.69, 9.17) is 4.42 Å². The molecule has 1 unspecified atom stereocenters. The molecule has 90 valence electrons. The van der Waals surface area contributed by atoms with Crippen LogP contribution in [0.25, 0.3) is 0 Å². The molecule has 0 spiro atoms. The maximum Gasteiger partial charge on any atom is 0.187 e. The molecule has 1 aromatic heterocycles. The molecular formula is C15H13NO2. The molecule has 3 nitrogen and oxygen atoms in total. The summed E-state index contributed by atoms with van der Waals surface area (Å²) in [5, 5.41) is 9.21. The third kappa shape index (κ3) is 2.18. The van der Waals surface area contributed by atoms with E-state index in [1.807, 2.05) is 31.2 Å². The van der Waals surface area contributed by atoms with Crippen LogP contribution < -0.4 is 0 Å². The first-order valence-corrected chi connectivity index (χ1v) is 5.68. The summed E-state index contributed by atoms with van der Waals surface area (Å²) in [6.07, 6.45) is 1.46. The lowest BCUT2D eigenvalue weighted by Crippen LogP contribution is -2.11. The Kier molecular flexibility index (Phi) is 3.29. The summed E-state index contributed by atoms with van der Waals surface area (Å²) in [6, 6.07) is 11.1. The van der Waals surface area contributed by atoms with E-state index in [-0.39, 0.29) is 5.78 Å². The quantitative estimate of drug-likeness (QED) is 0.771. The normalized spacial score (nSPS) is 11.8. The first-order valence-electron chi connectivity index (χ1n) is 5.68. The largest absolute Gasteiger partial charge is 0.469 e. The molecule has 0 aliphatic carbocycles. The number of nitriles is 1. The van der Waals surface area contributed by atoms with Gasteiger partial charge in [0.1, 0.15) is 11.7 Å². The van der Waals surface area contributed by atoms with Gasteiger partial charge in [-0.25, -0.2) is 0 Å². The van der Waals surface area contributed by atoms with E-state index < -0.39 is 5.92 Å². The molecule has 0 aliphatic heterocycles. The highest BCUT2D eigenvalue weighted by atomic mass is 16.3. The average Bonchev–Trinajstić information content (AvgIpc) is 2.78. The van der Waals surface area contributed by atoms with Crippen molar-refractivity contribution in [3.8, 4) is 6.07 Å². The van der Waals surface area contributed by atoms with Crippen molar-refractivity contribution in [3.05, 3.63) is 59.0 Å². The lowest BCUT2D eigenvalue weighted by Gasteiger charge is -2.08. The van der Waals surface area contributed by atoms with Crippen molar-refractivity contribution < 1.29 is 9.21 Å². The van der Waals surface area contributed by atoms with Gasteiger partial charge in [-0.1, -0.05) is 29.8 Å². The van der Waals surface area contributed by atoms with Gasteiger partial charge >= 0.3 is 0 Å². The molecule has 1 heterocycles. The molecule has 0 fully saturated rings. The highest BCUT2D eigenvalue weighted by Gasteiger charge is 2.24. The van der Waals surface area contributed by atoms with Crippen molar-refractivity contribution in [2.24, 2.45) is 0 Å². The van der Waals surface area contributed by atoms with Crippen molar-refractivity contribution >= 4 is 5.78 Å². The molecular weight excluding hydrogens is 226 g/mol. The number of carbonyl (C=O) groups excluding carboxylic acids is 1. The van der Waals surface area contributed by atoms with Crippen molar-refractivity contribution in [3.63, 3.8) is 0 Å². The fraction of sp³-hybridized carbons (Fsp3) is 0.200. The van der Waals surface area contributed by atoms with Gasteiger partial charge in [0.05, 0.1) is 17.9 Å². The average molecular weight is 239 g/mol. The van der Waals surface area contributed by atoms with Crippen LogP contribution in [0.2, 0.25) is 0 Å². The second kappa shape index (κ2) is 4.89. The van der Waals surface area contributed by atoms with Crippen molar-refractivity contribution in [1.82, 2.24) is 0 Å². The lowest BCUT2D eigenvalue weighted by molar-refractivity contribution is 0.0977. The molecule has 0 radical (unpaired) electrons. The molecule has 0 saturated carbocycles.